The van der Waals surface area contributed by atoms with E-state index in [1.165, 1.54) is 29.1 Å². The highest BCUT2D eigenvalue weighted by molar-refractivity contribution is 5.95. The summed E-state index contributed by atoms with van der Waals surface area (Å²) < 4.78 is 1.18. The van der Waals surface area contributed by atoms with Gasteiger partial charge in [0.15, 0.2) is 0 Å². The van der Waals surface area contributed by atoms with E-state index in [1.54, 1.807) is 12.1 Å². The molecule has 0 atom stereocenters. The smallest absolute Gasteiger partial charge is 0.338 e. The molecule has 2 rings (SSSR count). The third-order valence-corrected chi connectivity index (χ3v) is 2.50. The summed E-state index contributed by atoms with van der Waals surface area (Å²) in [6, 6.07) is 7.65. The topological polar surface area (TPSA) is 98.2 Å². The fraction of sp³-hybridized carbons (Fsp3) is 0.0833. The first kappa shape index (κ1) is 11.8. The molecule has 0 unspecified atom stereocenters. The maximum absolute atomic E-state index is 11.5. The molecule has 92 valence electrons. The van der Waals surface area contributed by atoms with Gasteiger partial charge in [-0.25, -0.2) is 9.48 Å². The summed E-state index contributed by atoms with van der Waals surface area (Å²) in [5.74, 6) is -1.12. The van der Waals surface area contributed by atoms with Crippen molar-refractivity contribution in [1.82, 2.24) is 9.78 Å². The van der Waals surface area contributed by atoms with E-state index in [-0.39, 0.29) is 23.4 Å². The Balaban J connectivity index is 2.47. The highest BCUT2D eigenvalue weighted by Gasteiger charge is 2.14. The first-order chi connectivity index (χ1) is 8.59. The van der Waals surface area contributed by atoms with Gasteiger partial charge in [-0.1, -0.05) is 12.1 Å². The summed E-state index contributed by atoms with van der Waals surface area (Å²) in [7, 11) is 0. The SMILES string of the molecule is Nc1cccc(Cn2ncccc2=O)c1C(=O)O. The molecule has 18 heavy (non-hydrogen) atoms. The van der Waals surface area contributed by atoms with Crippen molar-refractivity contribution in [3.05, 3.63) is 58.0 Å². The minimum atomic E-state index is -1.12. The van der Waals surface area contributed by atoms with Gasteiger partial charge in [0, 0.05) is 18.0 Å². The predicted molar refractivity (Wildman–Crippen MR) is 65.4 cm³/mol. The average molecular weight is 245 g/mol. The number of hydrogen-bond donors (Lipinski definition) is 2. The van der Waals surface area contributed by atoms with Gasteiger partial charge in [-0.05, 0) is 17.7 Å². The number of hydrogen-bond acceptors (Lipinski definition) is 4. The zero-order valence-electron chi connectivity index (χ0n) is 9.41. The van der Waals surface area contributed by atoms with Crippen molar-refractivity contribution in [3.8, 4) is 0 Å². The number of aromatic nitrogens is 2. The third-order valence-electron chi connectivity index (χ3n) is 2.50. The average Bonchev–Trinajstić information content (AvgIpc) is 2.31. The first-order valence-electron chi connectivity index (χ1n) is 5.22. The predicted octanol–water partition coefficient (Wildman–Crippen LogP) is 0.572. The van der Waals surface area contributed by atoms with Crippen LogP contribution in [0.3, 0.4) is 0 Å². The Hall–Kier alpha value is -2.63. The summed E-state index contributed by atoms with van der Waals surface area (Å²) in [4.78, 5) is 22.6. The Morgan fingerprint density at radius 2 is 2.11 bits per heavy atom. The number of benzene rings is 1. The lowest BCUT2D eigenvalue weighted by Crippen LogP contribution is -2.23. The number of aromatic carboxylic acids is 1. The van der Waals surface area contributed by atoms with Crippen LogP contribution in [-0.2, 0) is 6.54 Å². The van der Waals surface area contributed by atoms with Gasteiger partial charge in [-0.3, -0.25) is 4.79 Å². The number of carboxylic acid groups (broad SMARTS) is 1. The molecule has 0 spiro atoms. The van der Waals surface area contributed by atoms with E-state index in [4.69, 9.17) is 10.8 Å². The zero-order valence-corrected chi connectivity index (χ0v) is 9.41. The van der Waals surface area contributed by atoms with Gasteiger partial charge in [-0.2, -0.15) is 5.10 Å². The number of rotatable bonds is 3. The Morgan fingerprint density at radius 3 is 2.78 bits per heavy atom. The van der Waals surface area contributed by atoms with E-state index < -0.39 is 5.97 Å². The number of carbonyl (C=O) groups is 1. The maximum atomic E-state index is 11.5. The highest BCUT2D eigenvalue weighted by atomic mass is 16.4. The van der Waals surface area contributed by atoms with Crippen LogP contribution in [-0.4, -0.2) is 20.9 Å². The number of carboxylic acids is 1. The van der Waals surface area contributed by atoms with E-state index in [9.17, 15) is 9.59 Å². The van der Waals surface area contributed by atoms with Crippen LogP contribution in [0.4, 0.5) is 5.69 Å². The molecule has 0 bridgehead atoms. The number of anilines is 1. The minimum absolute atomic E-state index is 0.00931. The van der Waals surface area contributed by atoms with Crippen molar-refractivity contribution >= 4 is 11.7 Å². The van der Waals surface area contributed by atoms with E-state index >= 15 is 0 Å². The van der Waals surface area contributed by atoms with Gasteiger partial charge in [0.1, 0.15) is 0 Å². The molecule has 3 N–H and O–H groups in total. The van der Waals surface area contributed by atoms with Crippen molar-refractivity contribution in [2.24, 2.45) is 0 Å². The van der Waals surface area contributed by atoms with Crippen LogP contribution in [0.2, 0.25) is 0 Å². The van der Waals surface area contributed by atoms with Crippen molar-refractivity contribution in [2.45, 2.75) is 6.54 Å². The summed E-state index contributed by atoms with van der Waals surface area (Å²) >= 11 is 0. The second-order valence-corrected chi connectivity index (χ2v) is 3.71. The number of nitrogens with zero attached hydrogens (tertiary/aromatic N) is 2. The van der Waals surface area contributed by atoms with Crippen LogP contribution in [0.15, 0.2) is 41.3 Å². The van der Waals surface area contributed by atoms with E-state index in [1.807, 2.05) is 0 Å². The Bertz CT molecular complexity index is 649. The normalized spacial score (nSPS) is 10.2. The van der Waals surface area contributed by atoms with Gasteiger partial charge in [0.2, 0.25) is 0 Å². The van der Waals surface area contributed by atoms with Crippen LogP contribution < -0.4 is 11.3 Å². The second-order valence-electron chi connectivity index (χ2n) is 3.71. The fourth-order valence-corrected chi connectivity index (χ4v) is 1.68. The van der Waals surface area contributed by atoms with Crippen LogP contribution in [0.25, 0.3) is 0 Å². The van der Waals surface area contributed by atoms with Gasteiger partial charge < -0.3 is 10.8 Å². The molecule has 0 aliphatic heterocycles. The van der Waals surface area contributed by atoms with Crippen molar-refractivity contribution < 1.29 is 9.90 Å². The minimum Gasteiger partial charge on any atom is -0.478 e. The number of nitrogens with two attached hydrogens (primary N) is 1. The Kier molecular flexibility index (Phi) is 3.09. The quantitative estimate of drug-likeness (QED) is 0.770. The zero-order chi connectivity index (χ0) is 13.1. The van der Waals surface area contributed by atoms with Crippen LogP contribution in [0, 0.1) is 0 Å². The van der Waals surface area contributed by atoms with Crippen molar-refractivity contribution in [2.75, 3.05) is 5.73 Å². The lowest BCUT2D eigenvalue weighted by molar-refractivity contribution is 0.0696. The molecule has 6 nitrogen and oxygen atoms in total. The van der Waals surface area contributed by atoms with E-state index in [2.05, 4.69) is 5.10 Å². The number of nitrogen functional groups attached to an aromatic ring is 1. The molecule has 0 fully saturated rings. The lowest BCUT2D eigenvalue weighted by atomic mass is 10.1. The van der Waals surface area contributed by atoms with E-state index in [0.717, 1.165) is 0 Å². The van der Waals surface area contributed by atoms with Crippen LogP contribution in [0.5, 0.6) is 0 Å². The van der Waals surface area contributed by atoms with Crippen molar-refractivity contribution in [1.29, 1.82) is 0 Å². The molecule has 1 heterocycles. The second kappa shape index (κ2) is 4.70. The monoisotopic (exact) mass is 245 g/mol. The summed E-state index contributed by atoms with van der Waals surface area (Å²) in [6.07, 6.45) is 1.47. The maximum Gasteiger partial charge on any atom is 0.338 e. The summed E-state index contributed by atoms with van der Waals surface area (Å²) in [5, 5.41) is 13.0. The highest BCUT2D eigenvalue weighted by Crippen LogP contribution is 2.17. The summed E-state index contributed by atoms with van der Waals surface area (Å²) in [6.45, 7) is 0.0757. The largest absolute Gasteiger partial charge is 0.478 e. The molecule has 1 aromatic heterocycles. The molecule has 0 aliphatic carbocycles. The molecule has 6 heteroatoms. The van der Waals surface area contributed by atoms with Crippen LogP contribution in [0.1, 0.15) is 15.9 Å². The molecule has 0 aliphatic rings. The Morgan fingerprint density at radius 1 is 1.33 bits per heavy atom. The summed E-state index contributed by atoms with van der Waals surface area (Å²) in [5.41, 5.74) is 5.96. The van der Waals surface area contributed by atoms with Gasteiger partial charge in [-0.15, -0.1) is 0 Å². The van der Waals surface area contributed by atoms with Gasteiger partial charge >= 0.3 is 5.97 Å². The molecular weight excluding hydrogens is 234 g/mol. The molecule has 1 aromatic carbocycles. The third kappa shape index (κ3) is 2.22. The lowest BCUT2D eigenvalue weighted by Gasteiger charge is -2.09. The molecule has 2 aromatic rings. The molecular formula is C12H11N3O3. The molecule has 0 radical (unpaired) electrons. The van der Waals surface area contributed by atoms with Crippen molar-refractivity contribution in [3.63, 3.8) is 0 Å². The molecule has 0 saturated heterocycles. The van der Waals surface area contributed by atoms with E-state index in [0.29, 0.717) is 5.56 Å². The Labute approximate surface area is 102 Å². The molecule has 0 saturated carbocycles. The first-order valence-corrected chi connectivity index (χ1v) is 5.22. The standard InChI is InChI=1S/C12H11N3O3/c13-9-4-1-3-8(11(9)12(17)18)7-15-10(16)5-2-6-14-15/h1-6H,7,13H2,(H,17,18). The van der Waals surface area contributed by atoms with Crippen LogP contribution >= 0.6 is 0 Å². The fourth-order valence-electron chi connectivity index (χ4n) is 1.68. The van der Waals surface area contributed by atoms with Gasteiger partial charge in [0.05, 0.1) is 12.1 Å². The van der Waals surface area contributed by atoms with Gasteiger partial charge in [0.25, 0.3) is 5.56 Å². The molecule has 0 amide bonds.